The molecule has 12 heteroatoms. The number of pyridine rings is 2. The lowest BCUT2D eigenvalue weighted by molar-refractivity contribution is -0.192. The number of carbonyl (C=O) groups is 1. The fourth-order valence-electron chi connectivity index (χ4n) is 3.43. The molecule has 1 aliphatic carbocycles. The Balaban J connectivity index is 0.000000383. The summed E-state index contributed by atoms with van der Waals surface area (Å²) in [6, 6.07) is 5.38. The lowest BCUT2D eigenvalue weighted by Crippen LogP contribution is -2.21. The van der Waals surface area contributed by atoms with E-state index in [-0.39, 0.29) is 4.90 Å². The highest BCUT2D eigenvalue weighted by Crippen LogP contribution is 2.34. The van der Waals surface area contributed by atoms with Crippen molar-refractivity contribution in [3.05, 3.63) is 48.7 Å². The summed E-state index contributed by atoms with van der Waals surface area (Å²) in [6.07, 6.45) is 7.69. The second-order valence-electron chi connectivity index (χ2n) is 7.58. The molecule has 176 valence electrons. The zero-order valence-corrected chi connectivity index (χ0v) is 18.3. The number of carboxylic acids is 1. The normalized spacial score (nSPS) is 14.5. The predicted molar refractivity (Wildman–Crippen MR) is 113 cm³/mol. The Hall–Kier alpha value is -3.28. The van der Waals surface area contributed by atoms with Crippen molar-refractivity contribution in [2.24, 2.45) is 0 Å². The van der Waals surface area contributed by atoms with Gasteiger partial charge in [0.05, 0.1) is 4.90 Å². The van der Waals surface area contributed by atoms with Crippen LogP contribution in [-0.2, 0) is 14.6 Å². The molecule has 1 fully saturated rings. The molecule has 4 rings (SSSR count). The van der Waals surface area contributed by atoms with E-state index in [0.717, 1.165) is 22.6 Å². The van der Waals surface area contributed by atoms with E-state index < -0.39 is 22.0 Å². The number of hydrogen-bond donors (Lipinski definition) is 2. The maximum Gasteiger partial charge on any atom is 0.490 e. The second kappa shape index (κ2) is 9.69. The summed E-state index contributed by atoms with van der Waals surface area (Å²) < 4.78 is 55.3. The number of H-pyrrole nitrogens is 1. The van der Waals surface area contributed by atoms with Gasteiger partial charge in [-0.3, -0.25) is 9.97 Å². The molecule has 0 aliphatic heterocycles. The molecule has 0 bridgehead atoms. The number of imidazole rings is 1. The van der Waals surface area contributed by atoms with E-state index in [1.807, 2.05) is 18.3 Å². The van der Waals surface area contributed by atoms with Crippen LogP contribution in [0.3, 0.4) is 0 Å². The molecular formula is C21H21F3N4O4S. The minimum Gasteiger partial charge on any atom is -0.475 e. The van der Waals surface area contributed by atoms with Gasteiger partial charge in [-0.25, -0.2) is 18.2 Å². The molecule has 0 spiro atoms. The SMILES string of the molecule is CS(=O)(=O)c1cncc(-c2ccnc(-c3ncc(C4CCCC4)[nH]3)c2)c1.O=C(O)C(F)(F)F. The highest BCUT2D eigenvalue weighted by atomic mass is 32.2. The summed E-state index contributed by atoms with van der Waals surface area (Å²) in [5, 5.41) is 7.12. The molecular weight excluding hydrogens is 461 g/mol. The first-order chi connectivity index (χ1) is 15.4. The number of carboxylic acid groups (broad SMARTS) is 1. The van der Waals surface area contributed by atoms with Crippen LogP contribution in [0.15, 0.2) is 47.9 Å². The van der Waals surface area contributed by atoms with Gasteiger partial charge in [-0.2, -0.15) is 13.2 Å². The van der Waals surface area contributed by atoms with Crippen molar-refractivity contribution >= 4 is 15.8 Å². The Bertz CT molecular complexity index is 1240. The van der Waals surface area contributed by atoms with Crippen molar-refractivity contribution in [1.82, 2.24) is 19.9 Å². The smallest absolute Gasteiger partial charge is 0.475 e. The Morgan fingerprint density at radius 1 is 1.09 bits per heavy atom. The first-order valence-corrected chi connectivity index (χ1v) is 11.8. The third kappa shape index (κ3) is 6.37. The van der Waals surface area contributed by atoms with Gasteiger partial charge in [-0.1, -0.05) is 12.8 Å². The third-order valence-electron chi connectivity index (χ3n) is 5.11. The summed E-state index contributed by atoms with van der Waals surface area (Å²) in [5.74, 6) is -1.46. The Morgan fingerprint density at radius 3 is 2.36 bits per heavy atom. The highest BCUT2D eigenvalue weighted by molar-refractivity contribution is 7.90. The molecule has 33 heavy (non-hydrogen) atoms. The maximum atomic E-state index is 11.8. The lowest BCUT2D eigenvalue weighted by Gasteiger charge is -2.06. The molecule has 0 unspecified atom stereocenters. The molecule has 2 N–H and O–H groups in total. The fourth-order valence-corrected chi connectivity index (χ4v) is 4.02. The van der Waals surface area contributed by atoms with Gasteiger partial charge in [0.1, 0.15) is 5.69 Å². The van der Waals surface area contributed by atoms with Crippen molar-refractivity contribution < 1.29 is 31.5 Å². The van der Waals surface area contributed by atoms with Gasteiger partial charge < -0.3 is 10.1 Å². The van der Waals surface area contributed by atoms with Crippen molar-refractivity contribution in [3.8, 4) is 22.6 Å². The Kier molecular flexibility index (Phi) is 7.15. The molecule has 3 aromatic rings. The summed E-state index contributed by atoms with van der Waals surface area (Å²) in [5.41, 5.74) is 3.49. The molecule has 0 amide bonds. The molecule has 8 nitrogen and oxygen atoms in total. The number of halogens is 3. The molecule has 0 aromatic carbocycles. The van der Waals surface area contributed by atoms with Gasteiger partial charge in [0.15, 0.2) is 15.7 Å². The van der Waals surface area contributed by atoms with Crippen molar-refractivity contribution in [2.45, 2.75) is 42.7 Å². The number of nitrogens with zero attached hydrogens (tertiary/aromatic N) is 3. The van der Waals surface area contributed by atoms with E-state index in [4.69, 9.17) is 9.90 Å². The summed E-state index contributed by atoms with van der Waals surface area (Å²) >= 11 is 0. The first-order valence-electron chi connectivity index (χ1n) is 9.92. The standard InChI is InChI=1S/C19H20N4O2S.C2HF3O2/c1-26(24,25)16-8-15(10-20-11-16)14-6-7-21-17(9-14)19-22-12-18(23-19)13-4-2-3-5-13;3-2(4,5)1(6)7/h6-13H,2-5H2,1H3,(H,22,23);(H,6,7). The number of rotatable bonds is 4. The summed E-state index contributed by atoms with van der Waals surface area (Å²) in [7, 11) is -3.30. The average molecular weight is 482 g/mol. The number of aromatic nitrogens is 4. The molecule has 3 heterocycles. The molecule has 0 saturated heterocycles. The predicted octanol–water partition coefficient (Wildman–Crippen LogP) is 4.23. The lowest BCUT2D eigenvalue weighted by atomic mass is 10.1. The van der Waals surface area contributed by atoms with Gasteiger partial charge in [0.25, 0.3) is 0 Å². The van der Waals surface area contributed by atoms with Crippen molar-refractivity contribution in [3.63, 3.8) is 0 Å². The minimum absolute atomic E-state index is 0.204. The number of hydrogen-bond acceptors (Lipinski definition) is 6. The monoisotopic (exact) mass is 482 g/mol. The van der Waals surface area contributed by atoms with Crippen LogP contribution in [0.1, 0.15) is 37.3 Å². The number of sulfone groups is 1. The van der Waals surface area contributed by atoms with Gasteiger partial charge in [0.2, 0.25) is 0 Å². The minimum atomic E-state index is -5.08. The fraction of sp³-hybridized carbons (Fsp3) is 0.333. The van der Waals surface area contributed by atoms with Crippen LogP contribution in [0.2, 0.25) is 0 Å². The average Bonchev–Trinajstić information content (AvgIpc) is 3.45. The van der Waals surface area contributed by atoms with Crippen LogP contribution < -0.4 is 0 Å². The van der Waals surface area contributed by atoms with Gasteiger partial charge in [0, 0.05) is 48.2 Å². The first kappa shape index (κ1) is 24.4. The highest BCUT2D eigenvalue weighted by Gasteiger charge is 2.38. The van der Waals surface area contributed by atoms with Crippen LogP contribution in [0.5, 0.6) is 0 Å². The van der Waals surface area contributed by atoms with Gasteiger partial charge >= 0.3 is 12.1 Å². The van der Waals surface area contributed by atoms with Crippen LogP contribution in [0.25, 0.3) is 22.6 Å². The van der Waals surface area contributed by atoms with Crippen molar-refractivity contribution in [2.75, 3.05) is 6.26 Å². The largest absolute Gasteiger partial charge is 0.490 e. The van der Waals surface area contributed by atoms with E-state index in [9.17, 15) is 21.6 Å². The van der Waals surface area contributed by atoms with E-state index in [2.05, 4.69) is 19.9 Å². The van der Waals surface area contributed by atoms with Crippen LogP contribution in [-0.4, -0.2) is 51.9 Å². The second-order valence-corrected chi connectivity index (χ2v) is 9.60. The number of aromatic amines is 1. The topological polar surface area (TPSA) is 126 Å². The molecule has 0 radical (unpaired) electrons. The summed E-state index contributed by atoms with van der Waals surface area (Å²) in [6.45, 7) is 0. The Labute approximate surface area is 187 Å². The van der Waals surface area contributed by atoms with Gasteiger partial charge in [-0.05, 0) is 36.6 Å². The number of nitrogens with one attached hydrogen (secondary N) is 1. The van der Waals surface area contributed by atoms with E-state index in [1.165, 1.54) is 43.8 Å². The molecule has 1 aliphatic rings. The quantitative estimate of drug-likeness (QED) is 0.570. The summed E-state index contributed by atoms with van der Waals surface area (Å²) in [4.78, 5) is 25.5. The molecule has 0 atom stereocenters. The molecule has 1 saturated carbocycles. The molecule has 3 aromatic heterocycles. The number of aliphatic carboxylic acids is 1. The zero-order valence-electron chi connectivity index (χ0n) is 17.5. The zero-order chi connectivity index (χ0) is 24.2. The van der Waals surface area contributed by atoms with E-state index in [1.54, 1.807) is 18.5 Å². The van der Waals surface area contributed by atoms with E-state index in [0.29, 0.717) is 5.92 Å². The number of alkyl halides is 3. The maximum absolute atomic E-state index is 11.8. The Morgan fingerprint density at radius 2 is 1.76 bits per heavy atom. The van der Waals surface area contributed by atoms with Crippen LogP contribution >= 0.6 is 0 Å². The third-order valence-corrected chi connectivity index (χ3v) is 6.19. The van der Waals surface area contributed by atoms with Crippen molar-refractivity contribution in [1.29, 1.82) is 0 Å². The van der Waals surface area contributed by atoms with E-state index >= 15 is 0 Å². The van der Waals surface area contributed by atoms with Gasteiger partial charge in [-0.15, -0.1) is 0 Å². The van der Waals surface area contributed by atoms with Crippen LogP contribution in [0.4, 0.5) is 13.2 Å². The van der Waals surface area contributed by atoms with Crippen LogP contribution in [0, 0.1) is 0 Å².